The number of carbonyl (C=O) groups is 3. The smallest absolute Gasteiger partial charge is 0.253 e. The van der Waals surface area contributed by atoms with Gasteiger partial charge < -0.3 is 20.0 Å². The number of benzene rings is 3. The van der Waals surface area contributed by atoms with Gasteiger partial charge in [-0.15, -0.1) is 5.10 Å². The highest BCUT2D eigenvalue weighted by atomic mass is 19.1. The molecule has 258 valence electrons. The minimum Gasteiger partial charge on any atom is -0.345 e. The van der Waals surface area contributed by atoms with E-state index in [0.29, 0.717) is 42.8 Å². The predicted molar refractivity (Wildman–Crippen MR) is 182 cm³/mol. The van der Waals surface area contributed by atoms with Crippen LogP contribution in [0.5, 0.6) is 0 Å². The molecule has 1 fully saturated rings. The van der Waals surface area contributed by atoms with Crippen molar-refractivity contribution in [1.29, 1.82) is 5.26 Å². The molecule has 0 saturated carbocycles. The molecule has 13 heteroatoms. The largest absolute Gasteiger partial charge is 0.345 e. The number of nitriles is 1. The number of nitrogens with zero attached hydrogens (tertiary/aromatic N) is 7. The zero-order valence-corrected chi connectivity index (χ0v) is 28.6. The summed E-state index contributed by atoms with van der Waals surface area (Å²) in [6, 6.07) is 18.7. The van der Waals surface area contributed by atoms with Crippen molar-refractivity contribution < 1.29 is 18.8 Å². The van der Waals surface area contributed by atoms with Crippen LogP contribution in [0.1, 0.15) is 79.7 Å². The molecule has 0 bridgehead atoms. The first-order valence-corrected chi connectivity index (χ1v) is 16.7. The molecule has 2 heterocycles. The number of aromatic amines is 1. The number of likely N-dealkylation sites (tertiary alicyclic amines) is 1. The van der Waals surface area contributed by atoms with Gasteiger partial charge in [-0.3, -0.25) is 14.4 Å². The van der Waals surface area contributed by atoms with Crippen LogP contribution in [0.4, 0.5) is 4.39 Å². The molecule has 12 nitrogen and oxygen atoms in total. The first kappa shape index (κ1) is 34.4. The molecule has 1 saturated heterocycles. The lowest BCUT2D eigenvalue weighted by Gasteiger charge is -2.38. The summed E-state index contributed by atoms with van der Waals surface area (Å²) in [5, 5.41) is 28.6. The second-order valence-electron chi connectivity index (χ2n) is 13.4. The van der Waals surface area contributed by atoms with E-state index in [-0.39, 0.29) is 30.7 Å². The van der Waals surface area contributed by atoms with Crippen LogP contribution in [0.2, 0.25) is 0 Å². The van der Waals surface area contributed by atoms with E-state index in [2.05, 4.69) is 32.0 Å². The number of H-pyrrole nitrogens is 1. The molecule has 1 aliphatic carbocycles. The summed E-state index contributed by atoms with van der Waals surface area (Å²) in [6.07, 6.45) is 2.80. The number of nitrogens with one attached hydrogen (secondary N) is 2. The Kier molecular flexibility index (Phi) is 9.74. The number of amides is 3. The molecule has 3 amide bonds. The van der Waals surface area contributed by atoms with Crippen LogP contribution in [-0.4, -0.2) is 100 Å². The molecular weight excluding hydrogens is 637 g/mol. The van der Waals surface area contributed by atoms with E-state index in [1.54, 1.807) is 57.4 Å². The Morgan fingerprint density at radius 1 is 0.980 bits per heavy atom. The van der Waals surface area contributed by atoms with Gasteiger partial charge in [-0.2, -0.15) is 5.26 Å². The molecule has 1 aliphatic heterocycles. The van der Waals surface area contributed by atoms with Gasteiger partial charge in [0.25, 0.3) is 11.8 Å². The number of fused-ring (bicyclic) bond motifs is 2. The zero-order chi connectivity index (χ0) is 35.6. The summed E-state index contributed by atoms with van der Waals surface area (Å²) >= 11 is 0. The third-order valence-electron chi connectivity index (χ3n) is 9.85. The van der Waals surface area contributed by atoms with Crippen molar-refractivity contribution in [1.82, 2.24) is 40.6 Å². The third kappa shape index (κ3) is 6.46. The lowest BCUT2D eigenvalue weighted by Crippen LogP contribution is -2.43. The Bertz CT molecular complexity index is 1860. The maximum atomic E-state index is 14.3. The number of aromatic nitrogens is 4. The second kappa shape index (κ2) is 14.2. The van der Waals surface area contributed by atoms with Gasteiger partial charge in [-0.1, -0.05) is 24.3 Å². The van der Waals surface area contributed by atoms with Gasteiger partial charge in [0.15, 0.2) is 5.82 Å². The highest BCUT2D eigenvalue weighted by Crippen LogP contribution is 2.49. The van der Waals surface area contributed by atoms with Gasteiger partial charge in [0.2, 0.25) is 5.91 Å². The fraction of sp³-hybridized carbons (Fsp3) is 0.378. The number of tetrazole rings is 1. The van der Waals surface area contributed by atoms with E-state index in [1.807, 2.05) is 24.3 Å². The fourth-order valence-corrected chi connectivity index (χ4v) is 7.36. The van der Waals surface area contributed by atoms with E-state index in [4.69, 9.17) is 0 Å². The van der Waals surface area contributed by atoms with Gasteiger partial charge in [0.1, 0.15) is 11.9 Å². The van der Waals surface area contributed by atoms with Crippen molar-refractivity contribution in [3.63, 3.8) is 0 Å². The number of hydrogen-bond donors (Lipinski definition) is 2. The highest BCUT2D eigenvalue weighted by molar-refractivity contribution is 5.95. The van der Waals surface area contributed by atoms with E-state index in [0.717, 1.165) is 34.2 Å². The average Bonchev–Trinajstić information content (AvgIpc) is 3.82. The lowest BCUT2D eigenvalue weighted by atomic mass is 9.67. The Morgan fingerprint density at radius 3 is 2.10 bits per heavy atom. The Hall–Kier alpha value is -5.48. The topological polar surface area (TPSA) is 151 Å². The lowest BCUT2D eigenvalue weighted by molar-refractivity contribution is -0.130. The molecule has 3 aromatic carbocycles. The van der Waals surface area contributed by atoms with Gasteiger partial charge in [0.05, 0.1) is 18.0 Å². The van der Waals surface area contributed by atoms with Crippen LogP contribution in [0.15, 0.2) is 60.7 Å². The summed E-state index contributed by atoms with van der Waals surface area (Å²) in [5.74, 6) is -0.431. The summed E-state index contributed by atoms with van der Waals surface area (Å²) in [5.41, 5.74) is 4.26. The van der Waals surface area contributed by atoms with Crippen LogP contribution in [0, 0.1) is 17.1 Å². The van der Waals surface area contributed by atoms with Gasteiger partial charge >= 0.3 is 0 Å². The summed E-state index contributed by atoms with van der Waals surface area (Å²) in [4.78, 5) is 44.5. The molecule has 4 aromatic rings. The Morgan fingerprint density at radius 2 is 1.58 bits per heavy atom. The summed E-state index contributed by atoms with van der Waals surface area (Å²) < 4.78 is 14.3. The second-order valence-corrected chi connectivity index (χ2v) is 13.4. The highest BCUT2D eigenvalue weighted by Gasteiger charge is 2.46. The van der Waals surface area contributed by atoms with Gasteiger partial charge in [-0.25, -0.2) is 9.49 Å². The monoisotopic (exact) mass is 677 g/mol. The summed E-state index contributed by atoms with van der Waals surface area (Å²) in [6.45, 7) is 0.452. The molecule has 1 aromatic heterocycles. The van der Waals surface area contributed by atoms with Crippen molar-refractivity contribution in [3.05, 3.63) is 111 Å². The first-order chi connectivity index (χ1) is 24.0. The average molecular weight is 678 g/mol. The minimum atomic E-state index is -1.08. The molecule has 0 radical (unpaired) electrons. The van der Waals surface area contributed by atoms with E-state index in [9.17, 15) is 24.0 Å². The number of aryl methyl sites for hydroxylation is 2. The van der Waals surface area contributed by atoms with Gasteiger partial charge in [0, 0.05) is 51.9 Å². The number of rotatable bonds is 9. The molecule has 0 spiro atoms. The van der Waals surface area contributed by atoms with Gasteiger partial charge in [-0.05, 0) is 107 Å². The molecule has 2 N–H and O–H groups in total. The number of hydrogen-bond acceptors (Lipinski definition) is 8. The molecule has 2 aliphatic rings. The van der Waals surface area contributed by atoms with Crippen molar-refractivity contribution in [2.45, 2.75) is 49.6 Å². The SMILES string of the molecule is CN(C)C(=O)c1ccc2c(c1)CCc1cc(C(=O)N(C)C)ccc1C2(C[C@H](NCC(=O)N1CCCC1C#N)c1ccc(F)cc1)c1nnn[nH]1. The minimum absolute atomic E-state index is 0.0583. The quantitative estimate of drug-likeness (QED) is 0.274. The zero-order valence-electron chi connectivity index (χ0n) is 28.6. The first-order valence-electron chi connectivity index (χ1n) is 16.7. The normalized spacial score (nSPS) is 16.8. The maximum Gasteiger partial charge on any atom is 0.253 e. The van der Waals surface area contributed by atoms with Crippen molar-refractivity contribution in [2.75, 3.05) is 41.3 Å². The predicted octanol–water partition coefficient (Wildman–Crippen LogP) is 3.41. The standard InChI is InChI=1S/C37H40FN9O3/c1-45(2)34(49)26-11-15-30-24(18-26)7-8-25-19-27(35(50)46(3)4)12-16-31(25)37(30,36-41-43-44-42-36)20-32(23-9-13-28(38)14-10-23)40-22-33(48)47-17-5-6-29(47)21-39/h9-16,18-19,29,32,40H,5-8,17,20,22H2,1-4H3,(H,41,42,43,44)/t29?,32-/m0/s1. The maximum absolute atomic E-state index is 14.3. The molecule has 2 atom stereocenters. The Labute approximate surface area is 290 Å². The van der Waals surface area contributed by atoms with Crippen LogP contribution >= 0.6 is 0 Å². The Balaban J connectivity index is 1.54. The third-order valence-corrected chi connectivity index (χ3v) is 9.85. The van der Waals surface area contributed by atoms with Crippen LogP contribution in [0.3, 0.4) is 0 Å². The number of carbonyl (C=O) groups excluding carboxylic acids is 3. The molecular formula is C37H40FN9O3. The van der Waals surface area contributed by atoms with E-state index >= 15 is 0 Å². The molecule has 50 heavy (non-hydrogen) atoms. The van der Waals surface area contributed by atoms with Crippen molar-refractivity contribution in [2.24, 2.45) is 0 Å². The number of halogens is 1. The van der Waals surface area contributed by atoms with Crippen molar-refractivity contribution >= 4 is 17.7 Å². The molecule has 1 unspecified atom stereocenters. The van der Waals surface area contributed by atoms with Crippen LogP contribution < -0.4 is 5.32 Å². The summed E-state index contributed by atoms with van der Waals surface area (Å²) in [7, 11) is 6.83. The van der Waals surface area contributed by atoms with E-state index < -0.39 is 23.3 Å². The van der Waals surface area contributed by atoms with E-state index in [1.165, 1.54) is 21.9 Å². The van der Waals surface area contributed by atoms with Crippen molar-refractivity contribution in [3.8, 4) is 6.07 Å². The van der Waals surface area contributed by atoms with Crippen LogP contribution in [0.25, 0.3) is 0 Å². The fourth-order valence-electron chi connectivity index (χ4n) is 7.36. The van der Waals surface area contributed by atoms with Crippen LogP contribution in [-0.2, 0) is 23.1 Å². The molecule has 6 rings (SSSR count).